The molecular formula is C44H49BrN2O13. The summed E-state index contributed by atoms with van der Waals surface area (Å²) in [7, 11) is 2.87. The number of allylic oxidation sites excluding steroid dienone is 2. The van der Waals surface area contributed by atoms with Crippen LogP contribution in [0.5, 0.6) is 17.2 Å². The Balaban J connectivity index is 1.61. The molecule has 4 bridgehead atoms. The first kappa shape index (κ1) is 44.3. The number of hydrogen-bond donors (Lipinski definition) is 4. The van der Waals surface area contributed by atoms with Crippen LogP contribution in [0.2, 0.25) is 0 Å². The highest BCUT2D eigenvalue weighted by Crippen LogP contribution is 2.51. The van der Waals surface area contributed by atoms with Gasteiger partial charge < -0.3 is 48.7 Å². The molecule has 3 heterocycles. The Morgan fingerprint density at radius 1 is 0.983 bits per heavy atom. The monoisotopic (exact) mass is 892 g/mol. The van der Waals surface area contributed by atoms with E-state index in [4.69, 9.17) is 33.1 Å². The third-order valence-electron chi connectivity index (χ3n) is 11.6. The molecule has 0 spiro atoms. The smallest absolute Gasteiger partial charge is 0.312 e. The molecule has 1 aliphatic carbocycles. The van der Waals surface area contributed by atoms with Crippen molar-refractivity contribution < 1.29 is 57.8 Å². The van der Waals surface area contributed by atoms with E-state index in [1.54, 1.807) is 52.0 Å². The van der Waals surface area contributed by atoms with Gasteiger partial charge in [0.15, 0.2) is 11.3 Å². The van der Waals surface area contributed by atoms with E-state index >= 15 is 0 Å². The standard InChI is InChI=1S/C44H49BrN2O13/c1-18-12-11-13-19(2)43(54)47-34-38(52)30-29(33-41(34)59-28-17-25(45)16-27(56-10)32(28)46-33)31-40(23(6)37(30)51)60-44(8,42(31)53)57-15-14-26(55-9)20(3)39(58-24(7)48)22(5)36(50)21(4)35(18)49/h11-18,20-22,26,35-36,39,49-51H,1-10H3,(H,47,54)/b12-11+,15-14+,19-13-/t18-,20+,21+,22+,26-,35-,36+,39+,44-/m0/s1. The van der Waals surface area contributed by atoms with E-state index in [9.17, 15) is 34.5 Å². The molecule has 60 heavy (non-hydrogen) atoms. The number of Topliss-reactive ketones (excluding diaryl/α,β-unsaturated/α-hetero) is 1. The number of hydrogen-bond acceptors (Lipinski definition) is 14. The number of aliphatic hydroxyl groups excluding tert-OH is 2. The van der Waals surface area contributed by atoms with Gasteiger partial charge in [-0.1, -0.05) is 61.9 Å². The first-order valence-electron chi connectivity index (χ1n) is 19.4. The third-order valence-corrected chi connectivity index (χ3v) is 12.0. The van der Waals surface area contributed by atoms with E-state index in [-0.39, 0.29) is 67.2 Å². The number of phenolic OH excluding ortho intramolecular Hbond substituents is 1. The third kappa shape index (κ3) is 7.77. The molecule has 0 aromatic heterocycles. The fraction of sp³-hybridized carbons (Fsp3) is 0.432. The van der Waals surface area contributed by atoms with Gasteiger partial charge in [0, 0.05) is 65.6 Å². The topological polar surface area (TPSA) is 213 Å². The van der Waals surface area contributed by atoms with Gasteiger partial charge in [0.1, 0.15) is 40.3 Å². The summed E-state index contributed by atoms with van der Waals surface area (Å²) in [5, 5.41) is 36.9. The van der Waals surface area contributed by atoms with Gasteiger partial charge in [-0.15, -0.1) is 0 Å². The lowest BCUT2D eigenvalue weighted by molar-refractivity contribution is -0.160. The maximum absolute atomic E-state index is 14.6. The van der Waals surface area contributed by atoms with Crippen LogP contribution in [0.15, 0.2) is 62.0 Å². The number of phenols is 1. The summed E-state index contributed by atoms with van der Waals surface area (Å²) < 4.78 is 36.3. The van der Waals surface area contributed by atoms with Crippen molar-refractivity contribution in [3.63, 3.8) is 0 Å². The van der Waals surface area contributed by atoms with Crippen molar-refractivity contribution in [2.45, 2.75) is 85.6 Å². The lowest BCUT2D eigenvalue weighted by atomic mass is 9.78. The van der Waals surface area contributed by atoms with Crippen molar-refractivity contribution in [3.8, 4) is 28.7 Å². The number of anilines is 1. The Bertz CT molecular complexity index is 2510. The zero-order valence-corrected chi connectivity index (χ0v) is 36.5. The molecule has 16 heteroatoms. The number of carbonyl (C=O) groups is 3. The molecule has 320 valence electrons. The number of halogens is 1. The molecule has 2 aromatic carbocycles. The molecular weight excluding hydrogens is 844 g/mol. The molecule has 6 rings (SSSR count). The normalized spacial score (nSPS) is 29.8. The van der Waals surface area contributed by atoms with Gasteiger partial charge in [0.25, 0.3) is 11.7 Å². The molecule has 0 radical (unpaired) electrons. The number of methoxy groups -OCH3 is 2. The SMILES string of the molecule is COc1cc(Br)cc2oc3c4c(=O)c5c(O)c(C)c6c(c5c-3nc12)C(=O)[C@@](C)(O/C=C/[C@H](OC)[C@@H](C)[C@@H](OC(C)=O)[C@H](C)[C@H](O)[C@H](C)[C@@H](O)[C@@H](C)/C=C/C=C(/C)C(=O)N4)O6. The van der Waals surface area contributed by atoms with Crippen molar-refractivity contribution in [2.75, 3.05) is 19.5 Å². The summed E-state index contributed by atoms with van der Waals surface area (Å²) in [6.07, 6.45) is 3.54. The molecule has 4 aliphatic rings. The van der Waals surface area contributed by atoms with Crippen LogP contribution in [0.1, 0.15) is 64.4 Å². The largest absolute Gasteiger partial charge is 0.507 e. The fourth-order valence-corrected chi connectivity index (χ4v) is 8.42. The first-order valence-corrected chi connectivity index (χ1v) is 20.2. The summed E-state index contributed by atoms with van der Waals surface area (Å²) in [4.78, 5) is 60.3. The zero-order valence-electron chi connectivity index (χ0n) is 34.9. The van der Waals surface area contributed by atoms with Gasteiger partial charge in [-0.2, -0.15) is 0 Å². The van der Waals surface area contributed by atoms with E-state index in [1.165, 1.54) is 60.3 Å². The van der Waals surface area contributed by atoms with Crippen molar-refractivity contribution in [1.82, 2.24) is 4.98 Å². The van der Waals surface area contributed by atoms with Crippen LogP contribution >= 0.6 is 15.9 Å². The molecule has 0 saturated carbocycles. The molecule has 1 amide bonds. The van der Waals surface area contributed by atoms with E-state index in [2.05, 4.69) is 21.2 Å². The number of aromatic hydroxyl groups is 1. The van der Waals surface area contributed by atoms with E-state index < -0.39 is 82.7 Å². The number of nitrogens with zero attached hydrogens (tertiary/aromatic N) is 1. The van der Waals surface area contributed by atoms with Gasteiger partial charge in [-0.25, -0.2) is 4.98 Å². The summed E-state index contributed by atoms with van der Waals surface area (Å²) in [6, 6.07) is 3.25. The second kappa shape index (κ2) is 17.0. The highest BCUT2D eigenvalue weighted by molar-refractivity contribution is 9.10. The maximum atomic E-state index is 14.6. The summed E-state index contributed by atoms with van der Waals surface area (Å²) in [5.41, 5.74) is -0.820. The predicted molar refractivity (Wildman–Crippen MR) is 225 cm³/mol. The maximum Gasteiger partial charge on any atom is 0.312 e. The van der Waals surface area contributed by atoms with Crippen molar-refractivity contribution >= 4 is 61.1 Å². The molecule has 0 saturated heterocycles. The number of carbonyl (C=O) groups excluding carboxylic acids is 3. The summed E-state index contributed by atoms with van der Waals surface area (Å²) in [5.74, 6) is -7.08. The Hall–Kier alpha value is -5.29. The number of rotatable bonds is 3. The average Bonchev–Trinajstić information content (AvgIpc) is 3.47. The minimum absolute atomic E-state index is 0.0487. The minimum atomic E-state index is -2.05. The number of nitrogens with one attached hydrogen (secondary N) is 1. The van der Waals surface area contributed by atoms with Gasteiger partial charge in [0.2, 0.25) is 5.43 Å². The molecule has 3 aliphatic heterocycles. The molecule has 0 unspecified atom stereocenters. The number of fused-ring (bicyclic) bond motifs is 2. The van der Waals surface area contributed by atoms with Crippen LogP contribution in [0.4, 0.5) is 5.69 Å². The number of benzene rings is 3. The Kier molecular flexibility index (Phi) is 12.5. The summed E-state index contributed by atoms with van der Waals surface area (Å²) in [6.45, 7) is 12.5. The summed E-state index contributed by atoms with van der Waals surface area (Å²) >= 11 is 3.43. The molecule has 9 atom stereocenters. The van der Waals surface area contributed by atoms with Crippen LogP contribution < -0.4 is 20.2 Å². The van der Waals surface area contributed by atoms with E-state index in [0.717, 1.165) is 0 Å². The van der Waals surface area contributed by atoms with Crippen molar-refractivity contribution in [1.29, 1.82) is 0 Å². The van der Waals surface area contributed by atoms with Gasteiger partial charge in [-0.05, 0) is 32.1 Å². The molecule has 2 aromatic rings. The number of ketones is 1. The fourth-order valence-electron chi connectivity index (χ4n) is 8.00. The quantitative estimate of drug-likeness (QED) is 0.0956. The number of amides is 1. The van der Waals surface area contributed by atoms with Crippen LogP contribution in [0.25, 0.3) is 33.3 Å². The van der Waals surface area contributed by atoms with Gasteiger partial charge in [-0.3, -0.25) is 19.2 Å². The first-order chi connectivity index (χ1) is 28.3. The van der Waals surface area contributed by atoms with Gasteiger partial charge >= 0.3 is 11.8 Å². The van der Waals surface area contributed by atoms with E-state index in [0.29, 0.717) is 4.47 Å². The average molecular weight is 894 g/mol. The minimum Gasteiger partial charge on any atom is -0.507 e. The van der Waals surface area contributed by atoms with Crippen LogP contribution in [-0.2, 0) is 23.8 Å². The Morgan fingerprint density at radius 3 is 2.33 bits per heavy atom. The number of aromatic nitrogens is 1. The molecule has 4 N–H and O–H groups in total. The van der Waals surface area contributed by atoms with Crippen LogP contribution in [0.3, 0.4) is 0 Å². The lowest BCUT2D eigenvalue weighted by Gasteiger charge is -2.38. The highest BCUT2D eigenvalue weighted by atomic mass is 79.9. The Labute approximate surface area is 354 Å². The second-order valence-corrected chi connectivity index (χ2v) is 16.6. The number of ether oxygens (including phenoxy) is 5. The van der Waals surface area contributed by atoms with Gasteiger partial charge in [0.05, 0.1) is 42.6 Å². The lowest BCUT2D eigenvalue weighted by Crippen LogP contribution is -2.46. The second-order valence-electron chi connectivity index (χ2n) is 15.7. The van der Waals surface area contributed by atoms with E-state index in [1.807, 2.05) is 0 Å². The number of esters is 1. The van der Waals surface area contributed by atoms with Crippen LogP contribution in [-0.4, -0.2) is 82.4 Å². The van der Waals surface area contributed by atoms with Crippen molar-refractivity contribution in [3.05, 3.63) is 74.1 Å². The Morgan fingerprint density at radius 2 is 1.68 bits per heavy atom. The molecule has 0 fully saturated rings. The zero-order chi connectivity index (χ0) is 44.1. The predicted octanol–water partition coefficient (Wildman–Crippen LogP) is 6.72. The highest BCUT2D eigenvalue weighted by Gasteiger charge is 2.50. The number of aliphatic hydroxyl groups is 2. The van der Waals surface area contributed by atoms with Crippen LogP contribution in [0, 0.1) is 30.6 Å². The molecule has 15 nitrogen and oxygen atoms in total. The van der Waals surface area contributed by atoms with Crippen molar-refractivity contribution in [2.24, 2.45) is 23.7 Å².